The highest BCUT2D eigenvalue weighted by molar-refractivity contribution is 5.84. The minimum Gasteiger partial charge on any atom is -0.352 e. The third kappa shape index (κ3) is 4.27. The maximum Gasteiger partial charge on any atom is 0.220 e. The van der Waals surface area contributed by atoms with E-state index in [2.05, 4.69) is 21.3 Å². The van der Waals surface area contributed by atoms with Gasteiger partial charge >= 0.3 is 0 Å². The number of carbonyl (C=O) groups excluding carboxylic acids is 2. The van der Waals surface area contributed by atoms with E-state index in [1.165, 1.54) is 0 Å². The van der Waals surface area contributed by atoms with Crippen LogP contribution in [-0.2, 0) is 9.59 Å². The fourth-order valence-electron chi connectivity index (χ4n) is 2.38. The van der Waals surface area contributed by atoms with Gasteiger partial charge in [0.25, 0.3) is 0 Å². The van der Waals surface area contributed by atoms with E-state index >= 15 is 0 Å². The maximum absolute atomic E-state index is 11.6. The summed E-state index contributed by atoms with van der Waals surface area (Å²) in [6.45, 7) is 3.59. The lowest BCUT2D eigenvalue weighted by molar-refractivity contribution is -0.127. The summed E-state index contributed by atoms with van der Waals surface area (Å²) < 4.78 is 0. The van der Waals surface area contributed by atoms with Gasteiger partial charge in [0.05, 0.1) is 0 Å². The molecule has 0 saturated carbocycles. The molecule has 2 aliphatic heterocycles. The summed E-state index contributed by atoms with van der Waals surface area (Å²) in [5, 5.41) is 12.2. The zero-order valence-electron chi connectivity index (χ0n) is 10.6. The predicted molar refractivity (Wildman–Crippen MR) is 68.1 cm³/mol. The Hall–Kier alpha value is -1.14. The molecule has 6 heteroatoms. The van der Waals surface area contributed by atoms with Crippen LogP contribution in [0.25, 0.3) is 0 Å². The molecule has 2 rings (SSSR count). The molecule has 0 aromatic rings. The molecule has 2 aliphatic rings. The van der Waals surface area contributed by atoms with Gasteiger partial charge in [0.15, 0.2) is 0 Å². The van der Waals surface area contributed by atoms with E-state index in [0.29, 0.717) is 0 Å². The summed E-state index contributed by atoms with van der Waals surface area (Å²) in [7, 11) is 0. The van der Waals surface area contributed by atoms with Crippen molar-refractivity contribution in [1.82, 2.24) is 21.3 Å². The van der Waals surface area contributed by atoms with Crippen molar-refractivity contribution < 1.29 is 9.59 Å². The summed E-state index contributed by atoms with van der Waals surface area (Å²) >= 11 is 0. The SMILES string of the molecule is O=C(CCC(=O)NC1CCNC1)NC1CCNC1. The summed E-state index contributed by atoms with van der Waals surface area (Å²) in [4.78, 5) is 23.2. The van der Waals surface area contributed by atoms with Crippen LogP contribution < -0.4 is 21.3 Å². The second-order valence-electron chi connectivity index (χ2n) is 5.01. The van der Waals surface area contributed by atoms with Crippen molar-refractivity contribution in [1.29, 1.82) is 0 Å². The summed E-state index contributed by atoms with van der Waals surface area (Å²) in [6.07, 6.45) is 2.52. The van der Waals surface area contributed by atoms with Crippen molar-refractivity contribution in [3.05, 3.63) is 0 Å². The maximum atomic E-state index is 11.6. The molecule has 4 N–H and O–H groups in total. The van der Waals surface area contributed by atoms with Gasteiger partial charge in [-0.1, -0.05) is 0 Å². The number of amides is 2. The van der Waals surface area contributed by atoms with E-state index in [1.807, 2.05) is 0 Å². The summed E-state index contributed by atoms with van der Waals surface area (Å²) in [5.41, 5.74) is 0. The van der Waals surface area contributed by atoms with Crippen LogP contribution >= 0.6 is 0 Å². The topological polar surface area (TPSA) is 82.3 Å². The monoisotopic (exact) mass is 254 g/mol. The van der Waals surface area contributed by atoms with E-state index < -0.39 is 0 Å². The number of hydrogen-bond donors (Lipinski definition) is 4. The normalized spacial score (nSPS) is 27.1. The standard InChI is InChI=1S/C12H22N4O2/c17-11(15-9-3-5-13-7-9)1-2-12(18)16-10-4-6-14-8-10/h9-10,13-14H,1-8H2,(H,15,17)(H,16,18). The first-order valence-electron chi connectivity index (χ1n) is 6.74. The Kier molecular flexibility index (Phi) is 4.95. The molecule has 18 heavy (non-hydrogen) atoms. The molecule has 2 unspecified atom stereocenters. The Morgan fingerprint density at radius 1 is 0.889 bits per heavy atom. The molecule has 2 atom stereocenters. The van der Waals surface area contributed by atoms with Gasteiger partial charge in [-0.25, -0.2) is 0 Å². The van der Waals surface area contributed by atoms with Crippen molar-refractivity contribution in [2.45, 2.75) is 37.8 Å². The Bertz CT molecular complexity index is 266. The number of rotatable bonds is 5. The van der Waals surface area contributed by atoms with Gasteiger partial charge in [0.2, 0.25) is 11.8 Å². The first-order chi connectivity index (χ1) is 8.74. The third-order valence-electron chi connectivity index (χ3n) is 3.43. The third-order valence-corrected chi connectivity index (χ3v) is 3.43. The first-order valence-corrected chi connectivity index (χ1v) is 6.74. The van der Waals surface area contributed by atoms with Gasteiger partial charge in [0, 0.05) is 38.0 Å². The molecule has 6 nitrogen and oxygen atoms in total. The molecule has 0 bridgehead atoms. The molecular weight excluding hydrogens is 232 g/mol. The fraction of sp³-hybridized carbons (Fsp3) is 0.833. The van der Waals surface area contributed by atoms with Crippen LogP contribution in [0.2, 0.25) is 0 Å². The number of hydrogen-bond acceptors (Lipinski definition) is 4. The van der Waals surface area contributed by atoms with Crippen molar-refractivity contribution in [2.75, 3.05) is 26.2 Å². The van der Waals surface area contributed by atoms with E-state index in [9.17, 15) is 9.59 Å². The highest BCUT2D eigenvalue weighted by Crippen LogP contribution is 2.01. The number of nitrogens with one attached hydrogen (secondary N) is 4. The first kappa shape index (κ1) is 13.3. The van der Waals surface area contributed by atoms with Crippen LogP contribution in [0.15, 0.2) is 0 Å². The van der Waals surface area contributed by atoms with Crippen molar-refractivity contribution in [2.24, 2.45) is 0 Å². The smallest absolute Gasteiger partial charge is 0.220 e. The van der Waals surface area contributed by atoms with Crippen molar-refractivity contribution in [3.63, 3.8) is 0 Å². The zero-order chi connectivity index (χ0) is 12.8. The molecule has 0 aromatic carbocycles. The zero-order valence-corrected chi connectivity index (χ0v) is 10.6. The quantitative estimate of drug-likeness (QED) is 0.493. The Morgan fingerprint density at radius 2 is 1.33 bits per heavy atom. The molecule has 2 fully saturated rings. The van der Waals surface area contributed by atoms with E-state index in [0.717, 1.165) is 39.0 Å². The summed E-state index contributed by atoms with van der Waals surface area (Å²) in [6, 6.07) is 0.471. The van der Waals surface area contributed by atoms with E-state index in [-0.39, 0.29) is 36.7 Å². The van der Waals surface area contributed by atoms with Crippen molar-refractivity contribution in [3.8, 4) is 0 Å². The van der Waals surface area contributed by atoms with Gasteiger partial charge in [0.1, 0.15) is 0 Å². The predicted octanol–water partition coefficient (Wildman–Crippen LogP) is -1.28. The molecule has 0 radical (unpaired) electrons. The minimum atomic E-state index is -0.0246. The van der Waals surface area contributed by atoms with Gasteiger partial charge < -0.3 is 21.3 Å². The van der Waals surface area contributed by atoms with E-state index in [1.54, 1.807) is 0 Å². The molecule has 2 amide bonds. The van der Waals surface area contributed by atoms with Crippen LogP contribution in [-0.4, -0.2) is 50.1 Å². The minimum absolute atomic E-state index is 0.0246. The number of carbonyl (C=O) groups is 2. The Balaban J connectivity index is 1.57. The van der Waals surface area contributed by atoms with Crippen LogP contribution in [0, 0.1) is 0 Å². The summed E-state index contributed by atoms with van der Waals surface area (Å²) in [5.74, 6) is -0.0493. The van der Waals surface area contributed by atoms with Gasteiger partial charge in [-0.3, -0.25) is 9.59 Å². The Morgan fingerprint density at radius 3 is 1.67 bits per heavy atom. The van der Waals surface area contributed by atoms with Crippen LogP contribution in [0.3, 0.4) is 0 Å². The lowest BCUT2D eigenvalue weighted by atomic mass is 10.2. The Labute approximate surface area is 107 Å². The van der Waals surface area contributed by atoms with E-state index in [4.69, 9.17) is 0 Å². The molecular formula is C12H22N4O2. The highest BCUT2D eigenvalue weighted by atomic mass is 16.2. The van der Waals surface area contributed by atoms with Crippen molar-refractivity contribution >= 4 is 11.8 Å². The lowest BCUT2D eigenvalue weighted by Gasteiger charge is -2.13. The average molecular weight is 254 g/mol. The molecule has 2 heterocycles. The molecule has 0 aromatic heterocycles. The van der Waals surface area contributed by atoms with Crippen LogP contribution in [0.5, 0.6) is 0 Å². The largest absolute Gasteiger partial charge is 0.352 e. The fourth-order valence-corrected chi connectivity index (χ4v) is 2.38. The lowest BCUT2D eigenvalue weighted by Crippen LogP contribution is -2.39. The second kappa shape index (κ2) is 6.70. The molecule has 0 spiro atoms. The van der Waals surface area contributed by atoms with Gasteiger partial charge in [-0.05, 0) is 25.9 Å². The van der Waals surface area contributed by atoms with Crippen LogP contribution in [0.1, 0.15) is 25.7 Å². The average Bonchev–Trinajstić information content (AvgIpc) is 2.99. The molecule has 102 valence electrons. The van der Waals surface area contributed by atoms with Gasteiger partial charge in [-0.15, -0.1) is 0 Å². The highest BCUT2D eigenvalue weighted by Gasteiger charge is 2.19. The second-order valence-corrected chi connectivity index (χ2v) is 5.01. The van der Waals surface area contributed by atoms with Gasteiger partial charge in [-0.2, -0.15) is 0 Å². The molecule has 0 aliphatic carbocycles. The molecule has 2 saturated heterocycles. The van der Waals surface area contributed by atoms with Crippen LogP contribution in [0.4, 0.5) is 0 Å².